The van der Waals surface area contributed by atoms with E-state index in [-0.39, 0.29) is 11.5 Å². The Kier molecular flexibility index (Phi) is 9.60. The molecule has 3 N–H and O–H groups in total. The van der Waals surface area contributed by atoms with Gasteiger partial charge in [0.15, 0.2) is 0 Å². The Morgan fingerprint density at radius 1 is 0.917 bits per heavy atom. The minimum Gasteiger partial charge on any atom is -0.478 e. The molecule has 0 radical (unpaired) electrons. The summed E-state index contributed by atoms with van der Waals surface area (Å²) in [6.07, 6.45) is -5.08. The van der Waals surface area contributed by atoms with Crippen LogP contribution in [-0.4, -0.2) is 40.8 Å². The second kappa shape index (κ2) is 12.4. The predicted octanol–water partition coefficient (Wildman–Crippen LogP) is 5.61. The smallest absolute Gasteiger partial charge is 0.478 e. The fourth-order valence-electron chi connectivity index (χ4n) is 3.14. The second-order valence-electron chi connectivity index (χ2n) is 7.66. The molecular weight excluding hydrogens is 477 g/mol. The Morgan fingerprint density at radius 3 is 2.00 bits per heavy atom. The lowest BCUT2D eigenvalue weighted by molar-refractivity contribution is -0.192. The first-order chi connectivity index (χ1) is 16.9. The van der Waals surface area contributed by atoms with Gasteiger partial charge in [-0.15, -0.1) is 0 Å². The minimum atomic E-state index is -5.08. The number of alkyl halides is 3. The van der Waals surface area contributed by atoms with Gasteiger partial charge in [0.2, 0.25) is 0 Å². The fraction of sp³-hybridized carbons (Fsp3) is 0.192. The van der Waals surface area contributed by atoms with Gasteiger partial charge in [-0.3, -0.25) is 4.79 Å². The third-order valence-corrected chi connectivity index (χ3v) is 4.98. The van der Waals surface area contributed by atoms with E-state index in [9.17, 15) is 27.9 Å². The molecule has 0 heterocycles. The molecule has 0 spiro atoms. The van der Waals surface area contributed by atoms with Gasteiger partial charge >= 0.3 is 18.1 Å². The molecule has 0 saturated carbocycles. The van der Waals surface area contributed by atoms with Crippen molar-refractivity contribution in [1.82, 2.24) is 0 Å². The zero-order valence-electron chi connectivity index (χ0n) is 19.5. The summed E-state index contributed by atoms with van der Waals surface area (Å²) in [6, 6.07) is 22.1. The Morgan fingerprint density at radius 2 is 1.50 bits per heavy atom. The number of aliphatic carboxylic acids is 1. The third-order valence-electron chi connectivity index (χ3n) is 4.98. The number of aryl methyl sites for hydroxylation is 1. The van der Waals surface area contributed by atoms with Gasteiger partial charge in [0.25, 0.3) is 5.91 Å². The molecular formula is C26H25F3N2O5. The van der Waals surface area contributed by atoms with E-state index in [1.165, 1.54) is 6.07 Å². The molecule has 0 saturated heterocycles. The highest BCUT2D eigenvalue weighted by atomic mass is 19.4. The van der Waals surface area contributed by atoms with Crippen molar-refractivity contribution in [2.45, 2.75) is 26.6 Å². The van der Waals surface area contributed by atoms with Crippen molar-refractivity contribution in [2.24, 2.45) is 0 Å². The van der Waals surface area contributed by atoms with Crippen LogP contribution in [0.4, 0.5) is 24.5 Å². The lowest BCUT2D eigenvalue weighted by Crippen LogP contribution is -2.24. The molecule has 0 aromatic heterocycles. The molecule has 36 heavy (non-hydrogen) atoms. The SMILES string of the molecule is CCN(Cc1ccccc1)c1ccc(NC(=O)c2ccc(C)cc2)cc1C(=O)O.O=C(O)C(F)(F)F. The summed E-state index contributed by atoms with van der Waals surface area (Å²) in [5.41, 5.74) is 3.92. The van der Waals surface area contributed by atoms with Crippen LogP contribution >= 0.6 is 0 Å². The van der Waals surface area contributed by atoms with Crippen LogP contribution in [0.3, 0.4) is 0 Å². The van der Waals surface area contributed by atoms with Gasteiger partial charge in [0, 0.05) is 24.3 Å². The zero-order valence-corrected chi connectivity index (χ0v) is 19.5. The molecule has 0 unspecified atom stereocenters. The van der Waals surface area contributed by atoms with Crippen LogP contribution in [0.15, 0.2) is 72.8 Å². The van der Waals surface area contributed by atoms with Gasteiger partial charge in [-0.25, -0.2) is 9.59 Å². The van der Waals surface area contributed by atoms with Crippen LogP contribution in [-0.2, 0) is 11.3 Å². The Balaban J connectivity index is 0.000000572. The van der Waals surface area contributed by atoms with Crippen LogP contribution in [0.1, 0.15) is 38.8 Å². The second-order valence-corrected chi connectivity index (χ2v) is 7.66. The number of benzene rings is 3. The topological polar surface area (TPSA) is 107 Å². The number of carbonyl (C=O) groups is 3. The van der Waals surface area contributed by atoms with Gasteiger partial charge in [-0.05, 0) is 49.7 Å². The third kappa shape index (κ3) is 8.15. The van der Waals surface area contributed by atoms with Gasteiger partial charge in [-0.1, -0.05) is 48.0 Å². The average Bonchev–Trinajstić information content (AvgIpc) is 2.83. The number of hydrogen-bond donors (Lipinski definition) is 3. The number of nitrogens with zero attached hydrogens (tertiary/aromatic N) is 1. The highest BCUT2D eigenvalue weighted by Gasteiger charge is 2.38. The van der Waals surface area contributed by atoms with E-state index in [1.54, 1.807) is 24.3 Å². The quantitative estimate of drug-likeness (QED) is 0.388. The Labute approximate surface area is 205 Å². The molecule has 7 nitrogen and oxygen atoms in total. The van der Waals surface area contributed by atoms with E-state index in [0.717, 1.165) is 11.1 Å². The fourth-order valence-corrected chi connectivity index (χ4v) is 3.14. The molecule has 0 bridgehead atoms. The molecule has 1 amide bonds. The van der Waals surface area contributed by atoms with E-state index in [2.05, 4.69) is 5.32 Å². The molecule has 0 fully saturated rings. The van der Waals surface area contributed by atoms with Gasteiger partial charge < -0.3 is 20.4 Å². The van der Waals surface area contributed by atoms with Crippen molar-refractivity contribution in [3.05, 3.63) is 95.1 Å². The number of carbonyl (C=O) groups excluding carboxylic acids is 1. The molecule has 3 aromatic carbocycles. The average molecular weight is 502 g/mol. The van der Waals surface area contributed by atoms with E-state index < -0.39 is 18.1 Å². The number of aromatic carboxylic acids is 1. The first kappa shape index (κ1) is 27.9. The summed E-state index contributed by atoms with van der Waals surface area (Å²) in [4.78, 5) is 35.3. The maximum absolute atomic E-state index is 12.5. The van der Waals surface area contributed by atoms with Crippen LogP contribution in [0.5, 0.6) is 0 Å². The molecule has 10 heteroatoms. The van der Waals surface area contributed by atoms with Gasteiger partial charge in [0.05, 0.1) is 11.3 Å². The van der Waals surface area contributed by atoms with Crippen molar-refractivity contribution in [1.29, 1.82) is 0 Å². The van der Waals surface area contributed by atoms with Gasteiger partial charge in [-0.2, -0.15) is 13.2 Å². The minimum absolute atomic E-state index is 0.157. The monoisotopic (exact) mass is 502 g/mol. The number of halogens is 3. The van der Waals surface area contributed by atoms with Crippen molar-refractivity contribution < 1.29 is 37.8 Å². The Bertz CT molecular complexity index is 1200. The molecule has 3 aromatic rings. The summed E-state index contributed by atoms with van der Waals surface area (Å²) in [6.45, 7) is 5.20. The number of carboxylic acid groups (broad SMARTS) is 2. The standard InChI is InChI=1S/C24H24N2O3.C2HF3O2/c1-3-26(16-18-7-5-4-6-8-18)22-14-13-20(15-21(22)24(28)29)25-23(27)19-11-9-17(2)10-12-19;3-2(4,5)1(6)7/h4-15H,3,16H2,1-2H3,(H,25,27)(H,28,29);(H,6,7). The van der Waals surface area contributed by atoms with Gasteiger partial charge in [0.1, 0.15) is 0 Å². The normalized spacial score (nSPS) is 10.6. The summed E-state index contributed by atoms with van der Waals surface area (Å²) in [5.74, 6) is -4.06. The molecule has 0 aliphatic carbocycles. The van der Waals surface area contributed by atoms with E-state index in [1.807, 2.05) is 61.2 Å². The maximum atomic E-state index is 12.5. The Hall–Kier alpha value is -4.34. The number of hydrogen-bond acceptors (Lipinski definition) is 4. The molecule has 0 aliphatic rings. The molecule has 190 valence electrons. The number of amides is 1. The summed E-state index contributed by atoms with van der Waals surface area (Å²) < 4.78 is 31.7. The first-order valence-electron chi connectivity index (χ1n) is 10.8. The maximum Gasteiger partial charge on any atom is 0.490 e. The van der Waals surface area contributed by atoms with Crippen molar-refractivity contribution in [2.75, 3.05) is 16.8 Å². The molecule has 0 atom stereocenters. The highest BCUT2D eigenvalue weighted by Crippen LogP contribution is 2.26. The van der Waals surface area contributed by atoms with Crippen LogP contribution in [0.2, 0.25) is 0 Å². The lowest BCUT2D eigenvalue weighted by Gasteiger charge is -2.25. The molecule has 3 rings (SSSR count). The number of rotatable bonds is 7. The summed E-state index contributed by atoms with van der Waals surface area (Å²) in [5, 5.41) is 19.7. The van der Waals surface area contributed by atoms with Crippen LogP contribution in [0.25, 0.3) is 0 Å². The predicted molar refractivity (Wildman–Crippen MR) is 129 cm³/mol. The van der Waals surface area contributed by atoms with E-state index in [0.29, 0.717) is 30.0 Å². The van der Waals surface area contributed by atoms with E-state index >= 15 is 0 Å². The number of carboxylic acids is 2. The van der Waals surface area contributed by atoms with Crippen LogP contribution in [0, 0.1) is 6.92 Å². The lowest BCUT2D eigenvalue weighted by atomic mass is 10.1. The van der Waals surface area contributed by atoms with Crippen LogP contribution < -0.4 is 10.2 Å². The van der Waals surface area contributed by atoms with Crippen molar-refractivity contribution in [3.8, 4) is 0 Å². The molecule has 0 aliphatic heterocycles. The largest absolute Gasteiger partial charge is 0.490 e. The van der Waals surface area contributed by atoms with Crippen molar-refractivity contribution >= 4 is 29.2 Å². The summed E-state index contributed by atoms with van der Waals surface area (Å²) in [7, 11) is 0. The summed E-state index contributed by atoms with van der Waals surface area (Å²) >= 11 is 0. The number of anilines is 2. The zero-order chi connectivity index (χ0) is 26.9. The first-order valence-corrected chi connectivity index (χ1v) is 10.8. The number of nitrogens with one attached hydrogen (secondary N) is 1. The van der Waals surface area contributed by atoms with E-state index in [4.69, 9.17) is 9.90 Å². The van der Waals surface area contributed by atoms with Crippen molar-refractivity contribution in [3.63, 3.8) is 0 Å². The highest BCUT2D eigenvalue weighted by molar-refractivity contribution is 6.05.